The second-order valence-corrected chi connectivity index (χ2v) is 6.11. The summed E-state index contributed by atoms with van der Waals surface area (Å²) in [6, 6.07) is 3.41. The van der Waals surface area contributed by atoms with Crippen LogP contribution in [0, 0.1) is 12.3 Å². The van der Waals surface area contributed by atoms with E-state index in [-0.39, 0.29) is 17.8 Å². The SMILES string of the molecule is C#CCOc1cc(Br)c(/C=C2\SC(=O)N(C)C2=O)cc1OC. The number of halogens is 1. The number of hydrogen-bond acceptors (Lipinski definition) is 5. The summed E-state index contributed by atoms with van der Waals surface area (Å²) < 4.78 is 11.3. The maximum Gasteiger partial charge on any atom is 0.293 e. The first-order valence-electron chi connectivity index (χ1n) is 6.13. The highest BCUT2D eigenvalue weighted by Gasteiger charge is 2.32. The van der Waals surface area contributed by atoms with E-state index in [1.165, 1.54) is 14.2 Å². The van der Waals surface area contributed by atoms with E-state index >= 15 is 0 Å². The Bertz CT molecular complexity index is 708. The van der Waals surface area contributed by atoms with Crippen molar-refractivity contribution in [2.75, 3.05) is 20.8 Å². The lowest BCUT2D eigenvalue weighted by Gasteiger charge is -2.11. The Morgan fingerprint density at radius 1 is 1.41 bits per heavy atom. The quantitative estimate of drug-likeness (QED) is 0.592. The molecular formula is C15H12BrNO4S. The second-order valence-electron chi connectivity index (χ2n) is 4.26. The standard InChI is InChI=1S/C15H12BrNO4S/c1-4-5-21-12-8-10(16)9(6-11(12)20-3)7-13-14(18)17(2)15(19)22-13/h1,6-8H,5H2,2-3H3/b13-7-. The highest BCUT2D eigenvalue weighted by molar-refractivity contribution is 9.10. The van der Waals surface area contributed by atoms with Gasteiger partial charge in [-0.2, -0.15) is 0 Å². The van der Waals surface area contributed by atoms with E-state index in [0.717, 1.165) is 16.7 Å². The zero-order chi connectivity index (χ0) is 16.3. The van der Waals surface area contributed by atoms with Gasteiger partial charge in [-0.25, -0.2) is 0 Å². The third-order valence-electron chi connectivity index (χ3n) is 2.87. The fourth-order valence-corrected chi connectivity index (χ4v) is 2.99. The van der Waals surface area contributed by atoms with E-state index in [4.69, 9.17) is 15.9 Å². The molecule has 0 spiro atoms. The molecule has 2 amide bonds. The second kappa shape index (κ2) is 6.90. The fourth-order valence-electron chi connectivity index (χ4n) is 1.74. The number of amides is 2. The smallest absolute Gasteiger partial charge is 0.293 e. The number of imide groups is 1. The molecule has 0 bridgehead atoms. The summed E-state index contributed by atoms with van der Waals surface area (Å²) in [5, 5.41) is -0.298. The van der Waals surface area contributed by atoms with Crippen LogP contribution >= 0.6 is 27.7 Å². The zero-order valence-corrected chi connectivity index (χ0v) is 14.3. The maximum atomic E-state index is 11.9. The normalized spacial score (nSPS) is 16.1. The van der Waals surface area contributed by atoms with Crippen LogP contribution in [-0.2, 0) is 4.79 Å². The highest BCUT2D eigenvalue weighted by Crippen LogP contribution is 2.37. The Hall–Kier alpha value is -1.91. The van der Waals surface area contributed by atoms with E-state index in [0.29, 0.717) is 26.4 Å². The lowest BCUT2D eigenvalue weighted by Crippen LogP contribution is -2.22. The van der Waals surface area contributed by atoms with Gasteiger partial charge in [0.25, 0.3) is 11.1 Å². The van der Waals surface area contributed by atoms with Gasteiger partial charge in [-0.1, -0.05) is 21.9 Å². The van der Waals surface area contributed by atoms with Crippen LogP contribution in [0.2, 0.25) is 0 Å². The fraction of sp³-hybridized carbons (Fsp3) is 0.200. The number of carbonyl (C=O) groups is 2. The number of nitrogens with zero attached hydrogens (tertiary/aromatic N) is 1. The predicted octanol–water partition coefficient (Wildman–Crippen LogP) is 3.14. The molecule has 0 aromatic heterocycles. The van der Waals surface area contributed by atoms with Crippen molar-refractivity contribution in [2.24, 2.45) is 0 Å². The summed E-state index contributed by atoms with van der Waals surface area (Å²) in [6.07, 6.45) is 6.80. The monoisotopic (exact) mass is 381 g/mol. The number of rotatable bonds is 4. The molecule has 1 heterocycles. The molecule has 2 rings (SSSR count). The van der Waals surface area contributed by atoms with Crippen molar-refractivity contribution in [2.45, 2.75) is 0 Å². The molecule has 1 aliphatic rings. The Balaban J connectivity index is 2.39. The summed E-state index contributed by atoms with van der Waals surface area (Å²) in [5.74, 6) is 3.03. The first-order valence-corrected chi connectivity index (χ1v) is 7.74. The van der Waals surface area contributed by atoms with Gasteiger partial charge in [0.05, 0.1) is 12.0 Å². The maximum absolute atomic E-state index is 11.9. The molecule has 0 unspecified atom stereocenters. The molecule has 1 aliphatic heterocycles. The van der Waals surface area contributed by atoms with Crippen molar-refractivity contribution in [3.05, 3.63) is 27.1 Å². The Morgan fingerprint density at radius 2 is 2.14 bits per heavy atom. The van der Waals surface area contributed by atoms with Crippen LogP contribution in [0.5, 0.6) is 11.5 Å². The van der Waals surface area contributed by atoms with Crippen LogP contribution in [0.15, 0.2) is 21.5 Å². The molecule has 1 aromatic rings. The van der Waals surface area contributed by atoms with Gasteiger partial charge < -0.3 is 9.47 Å². The van der Waals surface area contributed by atoms with E-state index in [2.05, 4.69) is 21.9 Å². The molecule has 114 valence electrons. The molecule has 7 heteroatoms. The number of thioether (sulfide) groups is 1. The third-order valence-corrected chi connectivity index (χ3v) is 4.51. The van der Waals surface area contributed by atoms with E-state index in [9.17, 15) is 9.59 Å². The van der Waals surface area contributed by atoms with Crippen LogP contribution in [-0.4, -0.2) is 36.8 Å². The Labute approximate surface area is 140 Å². The molecule has 0 radical (unpaired) electrons. The molecule has 22 heavy (non-hydrogen) atoms. The van der Waals surface area contributed by atoms with Gasteiger partial charge >= 0.3 is 0 Å². The molecule has 1 fully saturated rings. The minimum atomic E-state index is -0.325. The summed E-state index contributed by atoms with van der Waals surface area (Å²) in [7, 11) is 2.96. The van der Waals surface area contributed by atoms with Crippen molar-refractivity contribution >= 4 is 44.9 Å². The van der Waals surface area contributed by atoms with Gasteiger partial charge in [0, 0.05) is 11.5 Å². The number of hydrogen-bond donors (Lipinski definition) is 0. The van der Waals surface area contributed by atoms with Crippen LogP contribution in [0.3, 0.4) is 0 Å². The van der Waals surface area contributed by atoms with Crippen LogP contribution in [0.4, 0.5) is 4.79 Å². The third kappa shape index (κ3) is 3.29. The first kappa shape index (κ1) is 16.5. The van der Waals surface area contributed by atoms with Gasteiger partial charge in [0.1, 0.15) is 6.61 Å². The van der Waals surface area contributed by atoms with Crippen molar-refractivity contribution in [1.82, 2.24) is 4.90 Å². The topological polar surface area (TPSA) is 55.8 Å². The number of benzene rings is 1. The van der Waals surface area contributed by atoms with Crippen molar-refractivity contribution in [1.29, 1.82) is 0 Å². The van der Waals surface area contributed by atoms with E-state index in [1.807, 2.05) is 0 Å². The van der Waals surface area contributed by atoms with E-state index in [1.54, 1.807) is 18.2 Å². The number of ether oxygens (including phenoxy) is 2. The first-order chi connectivity index (χ1) is 10.5. The minimum Gasteiger partial charge on any atom is -0.493 e. The molecule has 1 saturated heterocycles. The van der Waals surface area contributed by atoms with Crippen molar-refractivity contribution < 1.29 is 19.1 Å². The predicted molar refractivity (Wildman–Crippen MR) is 88.8 cm³/mol. The lowest BCUT2D eigenvalue weighted by molar-refractivity contribution is -0.121. The molecule has 0 aliphatic carbocycles. The number of carbonyl (C=O) groups excluding carboxylic acids is 2. The number of methoxy groups -OCH3 is 1. The van der Waals surface area contributed by atoms with Crippen LogP contribution in [0.25, 0.3) is 6.08 Å². The van der Waals surface area contributed by atoms with Gasteiger partial charge in [-0.3, -0.25) is 14.5 Å². The summed E-state index contributed by atoms with van der Waals surface area (Å²) >= 11 is 4.30. The van der Waals surface area contributed by atoms with Crippen LogP contribution in [0.1, 0.15) is 5.56 Å². The van der Waals surface area contributed by atoms with Crippen LogP contribution < -0.4 is 9.47 Å². The number of likely N-dealkylation sites (N-methyl/N-ethyl adjacent to an activating group) is 1. The Kier molecular flexibility index (Phi) is 5.16. The number of terminal acetylenes is 1. The highest BCUT2D eigenvalue weighted by atomic mass is 79.9. The average Bonchev–Trinajstić information content (AvgIpc) is 2.74. The van der Waals surface area contributed by atoms with Crippen molar-refractivity contribution in [3.8, 4) is 23.8 Å². The molecule has 0 saturated carbocycles. The lowest BCUT2D eigenvalue weighted by atomic mass is 10.2. The largest absolute Gasteiger partial charge is 0.493 e. The summed E-state index contributed by atoms with van der Waals surface area (Å²) in [4.78, 5) is 24.9. The average molecular weight is 382 g/mol. The Morgan fingerprint density at radius 3 is 2.68 bits per heavy atom. The van der Waals surface area contributed by atoms with Gasteiger partial charge in [0.2, 0.25) is 0 Å². The minimum absolute atomic E-state index is 0.122. The molecule has 1 aromatic carbocycles. The van der Waals surface area contributed by atoms with E-state index < -0.39 is 0 Å². The summed E-state index contributed by atoms with van der Waals surface area (Å²) in [5.41, 5.74) is 0.698. The van der Waals surface area contributed by atoms with Gasteiger partial charge in [-0.15, -0.1) is 6.42 Å². The molecule has 5 nitrogen and oxygen atoms in total. The summed E-state index contributed by atoms with van der Waals surface area (Å²) in [6.45, 7) is 0.122. The van der Waals surface area contributed by atoms with Crippen molar-refractivity contribution in [3.63, 3.8) is 0 Å². The zero-order valence-electron chi connectivity index (χ0n) is 11.9. The molecular weight excluding hydrogens is 370 g/mol. The molecule has 0 N–H and O–H groups in total. The van der Waals surface area contributed by atoms with Gasteiger partial charge in [-0.05, 0) is 35.5 Å². The van der Waals surface area contributed by atoms with Gasteiger partial charge in [0.15, 0.2) is 11.5 Å². The molecule has 0 atom stereocenters.